The lowest BCUT2D eigenvalue weighted by atomic mass is 9.91. The zero-order valence-electron chi connectivity index (χ0n) is 15.9. The van der Waals surface area contributed by atoms with Gasteiger partial charge in [-0.25, -0.2) is 4.79 Å². The minimum absolute atomic E-state index is 0.118. The molecule has 1 aromatic carbocycles. The Morgan fingerprint density at radius 3 is 2.70 bits per heavy atom. The van der Waals surface area contributed by atoms with E-state index < -0.39 is 0 Å². The maximum Gasteiger partial charge on any atom is 0.319 e. The molecule has 3 N–H and O–H groups in total. The Morgan fingerprint density at radius 2 is 1.93 bits per heavy atom. The number of rotatable bonds is 4. The summed E-state index contributed by atoms with van der Waals surface area (Å²) in [7, 11) is 0. The number of carbonyl (C=O) groups is 2. The summed E-state index contributed by atoms with van der Waals surface area (Å²) in [5.74, 6) is 0.533. The largest absolute Gasteiger partial charge is 0.338 e. The zero-order chi connectivity index (χ0) is 18.7. The van der Waals surface area contributed by atoms with E-state index in [2.05, 4.69) is 20.9 Å². The van der Waals surface area contributed by atoms with Crippen molar-refractivity contribution in [1.82, 2.24) is 15.5 Å². The number of benzene rings is 1. The molecule has 0 radical (unpaired) electrons. The number of hydrogen-bond donors (Lipinski definition) is 3. The van der Waals surface area contributed by atoms with Crippen LogP contribution in [0.25, 0.3) is 0 Å². The Labute approximate surface area is 161 Å². The van der Waals surface area contributed by atoms with Gasteiger partial charge in [0.25, 0.3) is 0 Å². The number of piperidine rings is 2. The van der Waals surface area contributed by atoms with E-state index >= 15 is 0 Å². The molecule has 1 saturated carbocycles. The molecule has 2 saturated heterocycles. The molecule has 1 aromatic rings. The Kier molecular flexibility index (Phi) is 5.34. The van der Waals surface area contributed by atoms with Crippen molar-refractivity contribution in [2.24, 2.45) is 11.3 Å². The Morgan fingerprint density at radius 1 is 1.15 bits per heavy atom. The van der Waals surface area contributed by atoms with Crippen molar-refractivity contribution in [1.29, 1.82) is 0 Å². The van der Waals surface area contributed by atoms with Crippen molar-refractivity contribution in [3.05, 3.63) is 30.3 Å². The first-order valence-electron chi connectivity index (χ1n) is 10.3. The van der Waals surface area contributed by atoms with Gasteiger partial charge in [-0.15, -0.1) is 0 Å². The zero-order valence-corrected chi connectivity index (χ0v) is 15.9. The van der Waals surface area contributed by atoms with E-state index in [-0.39, 0.29) is 23.4 Å². The van der Waals surface area contributed by atoms with Crippen molar-refractivity contribution in [2.75, 3.05) is 31.5 Å². The molecule has 1 spiro atoms. The van der Waals surface area contributed by atoms with Crippen molar-refractivity contribution in [2.45, 2.75) is 44.6 Å². The highest BCUT2D eigenvalue weighted by Crippen LogP contribution is 2.59. The van der Waals surface area contributed by atoms with Crippen LogP contribution in [0.5, 0.6) is 0 Å². The van der Waals surface area contributed by atoms with Gasteiger partial charge in [-0.3, -0.25) is 4.79 Å². The number of nitrogens with one attached hydrogen (secondary N) is 3. The number of hydrogen-bond acceptors (Lipinski definition) is 3. The van der Waals surface area contributed by atoms with Crippen LogP contribution in [0, 0.1) is 11.3 Å². The highest BCUT2D eigenvalue weighted by atomic mass is 16.2. The van der Waals surface area contributed by atoms with Gasteiger partial charge in [0.05, 0.1) is 0 Å². The van der Waals surface area contributed by atoms with E-state index in [9.17, 15) is 9.59 Å². The van der Waals surface area contributed by atoms with Crippen LogP contribution in [0.2, 0.25) is 0 Å². The molecule has 4 rings (SSSR count). The molecule has 146 valence electrons. The summed E-state index contributed by atoms with van der Waals surface area (Å²) in [6.45, 7) is 3.42. The molecular weight excluding hydrogens is 340 g/mol. The molecule has 2 unspecified atom stereocenters. The van der Waals surface area contributed by atoms with Crippen LogP contribution in [-0.2, 0) is 4.79 Å². The van der Waals surface area contributed by atoms with E-state index in [1.54, 1.807) is 0 Å². The number of urea groups is 1. The Hall–Kier alpha value is -2.08. The third-order valence-electron chi connectivity index (χ3n) is 6.53. The molecule has 6 nitrogen and oxygen atoms in total. The molecule has 2 aliphatic heterocycles. The molecule has 0 aromatic heterocycles. The molecule has 2 heterocycles. The topological polar surface area (TPSA) is 73.5 Å². The summed E-state index contributed by atoms with van der Waals surface area (Å²) in [6.07, 6.45) is 6.46. The molecule has 27 heavy (non-hydrogen) atoms. The molecule has 2 atom stereocenters. The van der Waals surface area contributed by atoms with Crippen molar-refractivity contribution < 1.29 is 9.59 Å². The number of amides is 3. The summed E-state index contributed by atoms with van der Waals surface area (Å²) < 4.78 is 0. The van der Waals surface area contributed by atoms with Crippen LogP contribution in [0.3, 0.4) is 0 Å². The minimum atomic E-state index is -0.208. The summed E-state index contributed by atoms with van der Waals surface area (Å²) in [4.78, 5) is 27.4. The lowest BCUT2D eigenvalue weighted by molar-refractivity contribution is -0.137. The maximum absolute atomic E-state index is 13.2. The van der Waals surface area contributed by atoms with Crippen LogP contribution in [0.15, 0.2) is 30.3 Å². The standard InChI is InChI=1S/C21H30N4O2/c26-19(18-14-21(18)9-11-22-12-10-21)25-13-5-4-8-17(25)15-23-20(27)24-16-6-2-1-3-7-16/h1-3,6-7,17-18,22H,4-5,8-15H2,(H2,23,24,27). The molecule has 3 fully saturated rings. The van der Waals surface area contributed by atoms with Crippen molar-refractivity contribution >= 4 is 17.6 Å². The number of likely N-dealkylation sites (tertiary alicyclic amines) is 1. The lowest BCUT2D eigenvalue weighted by Gasteiger charge is -2.37. The highest BCUT2D eigenvalue weighted by molar-refractivity contribution is 5.89. The number of nitrogens with zero attached hydrogens (tertiary/aromatic N) is 1. The Bertz CT molecular complexity index is 672. The van der Waals surface area contributed by atoms with Crippen LogP contribution >= 0.6 is 0 Å². The van der Waals surface area contributed by atoms with Gasteiger partial charge in [0.2, 0.25) is 5.91 Å². The summed E-state index contributed by atoms with van der Waals surface area (Å²) in [6, 6.07) is 9.34. The summed E-state index contributed by atoms with van der Waals surface area (Å²) in [5.41, 5.74) is 1.04. The number of carbonyl (C=O) groups excluding carboxylic acids is 2. The Balaban J connectivity index is 1.31. The van der Waals surface area contributed by atoms with Crippen LogP contribution < -0.4 is 16.0 Å². The minimum Gasteiger partial charge on any atom is -0.338 e. The lowest BCUT2D eigenvalue weighted by Crippen LogP contribution is -2.51. The van der Waals surface area contributed by atoms with E-state index in [1.807, 2.05) is 30.3 Å². The SMILES string of the molecule is O=C(NCC1CCCCN1C(=O)C1CC12CCNCC2)Nc1ccccc1. The fourth-order valence-corrected chi connectivity index (χ4v) is 4.78. The number of anilines is 1. The van der Waals surface area contributed by atoms with Crippen LogP contribution in [0.1, 0.15) is 38.5 Å². The fraction of sp³-hybridized carbons (Fsp3) is 0.619. The van der Waals surface area contributed by atoms with E-state index in [1.165, 1.54) is 0 Å². The average molecular weight is 370 g/mol. The predicted molar refractivity (Wildman–Crippen MR) is 105 cm³/mol. The van der Waals surface area contributed by atoms with Crippen LogP contribution in [-0.4, -0.2) is 49.1 Å². The van der Waals surface area contributed by atoms with Crippen molar-refractivity contribution in [3.8, 4) is 0 Å². The predicted octanol–water partition coefficient (Wildman–Crippen LogP) is 2.58. The van der Waals surface area contributed by atoms with Crippen LogP contribution in [0.4, 0.5) is 10.5 Å². The monoisotopic (exact) mass is 370 g/mol. The third kappa shape index (κ3) is 4.10. The smallest absolute Gasteiger partial charge is 0.319 e. The second-order valence-electron chi connectivity index (χ2n) is 8.25. The van der Waals surface area contributed by atoms with Gasteiger partial charge in [0.1, 0.15) is 0 Å². The number of para-hydroxylation sites is 1. The van der Waals surface area contributed by atoms with Crippen molar-refractivity contribution in [3.63, 3.8) is 0 Å². The molecular formula is C21H30N4O2. The first-order chi connectivity index (χ1) is 13.2. The normalized spacial score (nSPS) is 26.4. The maximum atomic E-state index is 13.2. The van der Waals surface area contributed by atoms with Gasteiger partial charge >= 0.3 is 6.03 Å². The fourth-order valence-electron chi connectivity index (χ4n) is 4.78. The van der Waals surface area contributed by atoms with Gasteiger partial charge in [-0.1, -0.05) is 18.2 Å². The van der Waals surface area contributed by atoms with E-state index in [0.717, 1.165) is 63.8 Å². The van der Waals surface area contributed by atoms with Gasteiger partial charge in [0.15, 0.2) is 0 Å². The highest BCUT2D eigenvalue weighted by Gasteiger charge is 2.59. The average Bonchev–Trinajstić information content (AvgIpc) is 3.40. The second-order valence-corrected chi connectivity index (χ2v) is 8.25. The van der Waals surface area contributed by atoms with Gasteiger partial charge in [0, 0.05) is 30.7 Å². The first kappa shape index (κ1) is 18.3. The third-order valence-corrected chi connectivity index (χ3v) is 6.53. The molecule has 3 aliphatic rings. The quantitative estimate of drug-likeness (QED) is 0.763. The summed E-state index contributed by atoms with van der Waals surface area (Å²) in [5, 5.41) is 9.21. The van der Waals surface area contributed by atoms with E-state index in [0.29, 0.717) is 12.5 Å². The van der Waals surface area contributed by atoms with Gasteiger partial charge in [-0.05, 0) is 69.2 Å². The van der Waals surface area contributed by atoms with Gasteiger partial charge < -0.3 is 20.9 Å². The second kappa shape index (κ2) is 7.89. The summed E-state index contributed by atoms with van der Waals surface area (Å²) >= 11 is 0. The molecule has 0 bridgehead atoms. The first-order valence-corrected chi connectivity index (χ1v) is 10.3. The molecule has 1 aliphatic carbocycles. The molecule has 6 heteroatoms. The van der Waals surface area contributed by atoms with Gasteiger partial charge in [-0.2, -0.15) is 0 Å². The molecule has 3 amide bonds. The van der Waals surface area contributed by atoms with E-state index in [4.69, 9.17) is 0 Å².